The van der Waals surface area contributed by atoms with Gasteiger partial charge in [-0.1, -0.05) is 33.6 Å². The summed E-state index contributed by atoms with van der Waals surface area (Å²) in [6.45, 7) is 11.1. The largest absolute Gasteiger partial charge is 0.316 e. The number of nitrogens with zero attached hydrogens (tertiary/aromatic N) is 1. The van der Waals surface area contributed by atoms with Gasteiger partial charge in [0, 0.05) is 12.6 Å². The molecule has 0 aromatic rings. The lowest BCUT2D eigenvalue weighted by Gasteiger charge is -2.45. The van der Waals surface area contributed by atoms with Crippen molar-refractivity contribution >= 4 is 0 Å². The van der Waals surface area contributed by atoms with Gasteiger partial charge in [-0.25, -0.2) is 0 Å². The minimum atomic E-state index is 0.462. The van der Waals surface area contributed by atoms with E-state index < -0.39 is 0 Å². The lowest BCUT2D eigenvalue weighted by molar-refractivity contribution is 0.0459. The third-order valence-corrected chi connectivity index (χ3v) is 5.35. The van der Waals surface area contributed by atoms with Crippen LogP contribution in [0.3, 0.4) is 0 Å². The first-order valence-corrected chi connectivity index (χ1v) is 8.39. The SMILES string of the molecule is CN(CC1CCCNC1)C1CCCCC1C(C)(C)C. The van der Waals surface area contributed by atoms with E-state index >= 15 is 0 Å². The molecule has 0 amide bonds. The zero-order valence-corrected chi connectivity index (χ0v) is 13.5. The molecule has 0 radical (unpaired) electrons. The summed E-state index contributed by atoms with van der Waals surface area (Å²) in [7, 11) is 2.38. The van der Waals surface area contributed by atoms with Crippen LogP contribution >= 0.6 is 0 Å². The maximum Gasteiger partial charge on any atom is 0.0126 e. The van der Waals surface area contributed by atoms with Gasteiger partial charge in [0.15, 0.2) is 0 Å². The van der Waals surface area contributed by atoms with E-state index in [0.29, 0.717) is 5.41 Å². The van der Waals surface area contributed by atoms with Gasteiger partial charge in [0.2, 0.25) is 0 Å². The molecular formula is C17H34N2. The van der Waals surface area contributed by atoms with Crippen molar-refractivity contribution in [3.05, 3.63) is 0 Å². The highest BCUT2D eigenvalue weighted by Crippen LogP contribution is 2.40. The van der Waals surface area contributed by atoms with Gasteiger partial charge in [-0.15, -0.1) is 0 Å². The standard InChI is InChI=1S/C17H34N2/c1-17(2,3)15-9-5-6-10-16(15)19(4)13-14-8-7-11-18-12-14/h14-16,18H,5-13H2,1-4H3. The molecule has 0 aromatic heterocycles. The fourth-order valence-corrected chi connectivity index (χ4v) is 4.27. The molecule has 112 valence electrons. The highest BCUT2D eigenvalue weighted by atomic mass is 15.1. The fraction of sp³-hybridized carbons (Fsp3) is 1.00. The number of hydrogen-bond acceptors (Lipinski definition) is 2. The zero-order chi connectivity index (χ0) is 13.9. The van der Waals surface area contributed by atoms with Crippen molar-refractivity contribution in [1.82, 2.24) is 10.2 Å². The first kappa shape index (κ1) is 15.3. The van der Waals surface area contributed by atoms with Crippen LogP contribution in [0.1, 0.15) is 59.3 Å². The van der Waals surface area contributed by atoms with Crippen LogP contribution in [0.15, 0.2) is 0 Å². The van der Waals surface area contributed by atoms with E-state index in [4.69, 9.17) is 0 Å². The Morgan fingerprint density at radius 2 is 1.79 bits per heavy atom. The highest BCUT2D eigenvalue weighted by Gasteiger charge is 2.36. The van der Waals surface area contributed by atoms with Crippen LogP contribution in [-0.4, -0.2) is 37.6 Å². The second kappa shape index (κ2) is 6.58. The minimum Gasteiger partial charge on any atom is -0.316 e. The van der Waals surface area contributed by atoms with E-state index in [1.165, 1.54) is 58.2 Å². The van der Waals surface area contributed by atoms with Gasteiger partial charge < -0.3 is 10.2 Å². The summed E-state index contributed by atoms with van der Waals surface area (Å²) >= 11 is 0. The van der Waals surface area contributed by atoms with Gasteiger partial charge in [-0.2, -0.15) is 0 Å². The molecule has 3 unspecified atom stereocenters. The minimum absolute atomic E-state index is 0.462. The molecule has 0 bridgehead atoms. The molecule has 1 heterocycles. The molecule has 2 nitrogen and oxygen atoms in total. The molecule has 1 aliphatic carbocycles. The van der Waals surface area contributed by atoms with Crippen molar-refractivity contribution in [3.63, 3.8) is 0 Å². The molecule has 3 atom stereocenters. The summed E-state index contributed by atoms with van der Waals surface area (Å²) in [5, 5.41) is 3.56. The summed E-state index contributed by atoms with van der Waals surface area (Å²) in [4.78, 5) is 2.70. The summed E-state index contributed by atoms with van der Waals surface area (Å²) in [6, 6.07) is 0.815. The Morgan fingerprint density at radius 3 is 2.42 bits per heavy atom. The predicted octanol–water partition coefficient (Wildman–Crippen LogP) is 3.52. The normalized spacial score (nSPS) is 33.6. The summed E-state index contributed by atoms with van der Waals surface area (Å²) < 4.78 is 0. The molecule has 1 aliphatic heterocycles. The van der Waals surface area contributed by atoms with Crippen LogP contribution in [0, 0.1) is 17.3 Å². The van der Waals surface area contributed by atoms with Gasteiger partial charge in [0.05, 0.1) is 0 Å². The topological polar surface area (TPSA) is 15.3 Å². The third-order valence-electron chi connectivity index (χ3n) is 5.35. The molecular weight excluding hydrogens is 232 g/mol. The van der Waals surface area contributed by atoms with Crippen LogP contribution in [0.25, 0.3) is 0 Å². The second-order valence-corrected chi connectivity index (χ2v) is 7.98. The number of rotatable bonds is 3. The van der Waals surface area contributed by atoms with Crippen molar-refractivity contribution in [1.29, 1.82) is 0 Å². The molecule has 0 aromatic carbocycles. The van der Waals surface area contributed by atoms with Crippen LogP contribution in [0.2, 0.25) is 0 Å². The second-order valence-electron chi connectivity index (χ2n) is 7.98. The van der Waals surface area contributed by atoms with Crippen LogP contribution in [0.4, 0.5) is 0 Å². The van der Waals surface area contributed by atoms with Crippen molar-refractivity contribution in [2.45, 2.75) is 65.3 Å². The van der Waals surface area contributed by atoms with Crippen molar-refractivity contribution in [3.8, 4) is 0 Å². The average Bonchev–Trinajstić information content (AvgIpc) is 2.39. The Balaban J connectivity index is 1.92. The molecule has 1 saturated heterocycles. The maximum absolute atomic E-state index is 3.56. The summed E-state index contributed by atoms with van der Waals surface area (Å²) in [5.74, 6) is 1.75. The van der Waals surface area contributed by atoms with Gasteiger partial charge in [0.1, 0.15) is 0 Å². The smallest absolute Gasteiger partial charge is 0.0126 e. The van der Waals surface area contributed by atoms with Crippen molar-refractivity contribution in [2.24, 2.45) is 17.3 Å². The highest BCUT2D eigenvalue weighted by molar-refractivity contribution is 4.89. The maximum atomic E-state index is 3.56. The van der Waals surface area contributed by atoms with E-state index in [9.17, 15) is 0 Å². The van der Waals surface area contributed by atoms with Crippen LogP contribution in [-0.2, 0) is 0 Å². The summed E-state index contributed by atoms with van der Waals surface area (Å²) in [6.07, 6.45) is 8.51. The van der Waals surface area contributed by atoms with Crippen LogP contribution in [0.5, 0.6) is 0 Å². The molecule has 2 rings (SSSR count). The lowest BCUT2D eigenvalue weighted by Crippen LogP contribution is -2.48. The number of piperidine rings is 1. The Morgan fingerprint density at radius 1 is 1.05 bits per heavy atom. The first-order valence-electron chi connectivity index (χ1n) is 8.39. The van der Waals surface area contributed by atoms with E-state index in [0.717, 1.165) is 17.9 Å². The Bertz CT molecular complexity index is 263. The first-order chi connectivity index (χ1) is 8.98. The lowest BCUT2D eigenvalue weighted by atomic mass is 9.69. The Kier molecular flexibility index (Phi) is 5.30. The van der Waals surface area contributed by atoms with Crippen LogP contribution < -0.4 is 5.32 Å². The summed E-state index contributed by atoms with van der Waals surface area (Å²) in [5.41, 5.74) is 0.462. The molecule has 2 heteroatoms. The average molecular weight is 266 g/mol. The Labute approximate surface area is 120 Å². The van der Waals surface area contributed by atoms with Crippen molar-refractivity contribution in [2.75, 3.05) is 26.7 Å². The zero-order valence-electron chi connectivity index (χ0n) is 13.5. The molecule has 2 aliphatic rings. The van der Waals surface area contributed by atoms with E-state index in [1.54, 1.807) is 0 Å². The monoisotopic (exact) mass is 266 g/mol. The fourth-order valence-electron chi connectivity index (χ4n) is 4.27. The number of hydrogen-bond donors (Lipinski definition) is 1. The molecule has 19 heavy (non-hydrogen) atoms. The quantitative estimate of drug-likeness (QED) is 0.841. The van der Waals surface area contributed by atoms with Gasteiger partial charge in [-0.05, 0) is 63.1 Å². The Hall–Kier alpha value is -0.0800. The molecule has 0 spiro atoms. The van der Waals surface area contributed by atoms with E-state index in [2.05, 4.69) is 38.0 Å². The van der Waals surface area contributed by atoms with E-state index in [-0.39, 0.29) is 0 Å². The van der Waals surface area contributed by atoms with Gasteiger partial charge in [-0.3, -0.25) is 0 Å². The van der Waals surface area contributed by atoms with Gasteiger partial charge >= 0.3 is 0 Å². The molecule has 1 saturated carbocycles. The van der Waals surface area contributed by atoms with Crippen molar-refractivity contribution < 1.29 is 0 Å². The van der Waals surface area contributed by atoms with Gasteiger partial charge in [0.25, 0.3) is 0 Å². The predicted molar refractivity (Wildman–Crippen MR) is 83.4 cm³/mol. The van der Waals surface area contributed by atoms with E-state index in [1.807, 2.05) is 0 Å². The molecule has 1 N–H and O–H groups in total. The third kappa shape index (κ3) is 4.19. The molecule has 2 fully saturated rings. The number of nitrogens with one attached hydrogen (secondary N) is 1.